The van der Waals surface area contributed by atoms with E-state index in [-0.39, 0.29) is 12.2 Å². The summed E-state index contributed by atoms with van der Waals surface area (Å²) in [5, 5.41) is 33.8. The highest BCUT2D eigenvalue weighted by molar-refractivity contribution is 6.31. The Hall–Kier alpha value is -5.88. The van der Waals surface area contributed by atoms with Crippen molar-refractivity contribution in [3.05, 3.63) is 106 Å². The van der Waals surface area contributed by atoms with Gasteiger partial charge in [0.15, 0.2) is 23.9 Å². The molecule has 4 bridgehead atoms. The molecule has 2 aromatic carbocycles. The monoisotopic (exact) mass is 966 g/mol. The number of hydrogen-bond acceptors (Lipinski definition) is 14. The van der Waals surface area contributed by atoms with Gasteiger partial charge < -0.3 is 29.9 Å². The van der Waals surface area contributed by atoms with Gasteiger partial charge in [-0.25, -0.2) is 18.1 Å². The molecule has 8 heterocycles. The fraction of sp³-hybridized carbons (Fsp3) is 0.500. The number of rotatable bonds is 10. The molecule has 6 aromatic rings. The van der Waals surface area contributed by atoms with Crippen LogP contribution in [0.25, 0.3) is 0 Å². The first-order valence-corrected chi connectivity index (χ1v) is 24.6. The van der Waals surface area contributed by atoms with Crippen molar-refractivity contribution in [3.63, 3.8) is 0 Å². The first kappa shape index (κ1) is 44.6. The van der Waals surface area contributed by atoms with Gasteiger partial charge in [-0.2, -0.15) is 30.4 Å². The largest absolute Gasteiger partial charge is 0.482 e. The molecule has 0 amide bonds. The lowest BCUT2D eigenvalue weighted by Crippen LogP contribution is -2.48. The molecule has 20 heteroatoms. The predicted octanol–water partition coefficient (Wildman–Crippen LogP) is 8.82. The molecular formula is C48H54Cl2F2N14O2. The molecule has 68 heavy (non-hydrogen) atoms. The standard InChI is InChI=1S/2C24H27ClFN7O/c2*1-14-7-19(11-27-30-14)32-12-15-4-5-16(13-32)22(15)28-24-29-23-21(3-2-6-33(23)31-24)34-20-9-17(25)8-18(26)10-20/h2*7-11,15-16,21-22H,2-6,12-13H2,1H3,(H,28,31)/t2*15-,16+,21-,22?/m10/s1. The van der Waals surface area contributed by atoms with Crippen LogP contribution in [0.1, 0.15) is 86.6 Å². The Bertz CT molecular complexity index is 2520. The van der Waals surface area contributed by atoms with E-state index >= 15 is 0 Å². The van der Waals surface area contributed by atoms with Crippen molar-refractivity contribution in [2.45, 2.75) is 103 Å². The van der Waals surface area contributed by atoms with Crippen LogP contribution in [0.4, 0.5) is 32.1 Å². The van der Waals surface area contributed by atoms with Gasteiger partial charge in [0.2, 0.25) is 11.9 Å². The molecule has 356 valence electrons. The molecule has 6 aliphatic rings. The van der Waals surface area contributed by atoms with Crippen molar-refractivity contribution >= 4 is 46.5 Å². The van der Waals surface area contributed by atoms with Crippen LogP contribution >= 0.6 is 23.2 Å². The second-order valence-electron chi connectivity index (χ2n) is 19.2. The Morgan fingerprint density at radius 1 is 0.559 bits per heavy atom. The van der Waals surface area contributed by atoms with Crippen molar-refractivity contribution in [2.24, 2.45) is 23.7 Å². The summed E-state index contributed by atoms with van der Waals surface area (Å²) in [5.74, 6) is 4.93. The molecule has 16 nitrogen and oxygen atoms in total. The maximum absolute atomic E-state index is 13.8. The van der Waals surface area contributed by atoms with E-state index in [4.69, 9.17) is 52.8 Å². The smallest absolute Gasteiger partial charge is 0.242 e. The molecule has 2 saturated carbocycles. The van der Waals surface area contributed by atoms with Gasteiger partial charge in [0, 0.05) is 73.5 Å². The number of anilines is 4. The molecule has 4 aromatic heterocycles. The highest BCUT2D eigenvalue weighted by Crippen LogP contribution is 2.42. The highest BCUT2D eigenvalue weighted by atomic mass is 35.5. The Kier molecular flexibility index (Phi) is 12.4. The molecule has 4 fully saturated rings. The minimum atomic E-state index is -0.415. The molecular weight excluding hydrogens is 914 g/mol. The summed E-state index contributed by atoms with van der Waals surface area (Å²) >= 11 is 12.0. The summed E-state index contributed by atoms with van der Waals surface area (Å²) in [5.41, 5.74) is 4.18. The molecule has 2 N–H and O–H groups in total. The Labute approximate surface area is 403 Å². The lowest BCUT2D eigenvalue weighted by molar-refractivity contribution is 0.155. The van der Waals surface area contributed by atoms with Gasteiger partial charge in [0.1, 0.15) is 23.1 Å². The van der Waals surface area contributed by atoms with E-state index in [1.807, 2.05) is 35.6 Å². The van der Waals surface area contributed by atoms with Crippen LogP contribution in [-0.2, 0) is 13.1 Å². The molecule has 0 spiro atoms. The van der Waals surface area contributed by atoms with Crippen LogP contribution in [-0.4, -0.2) is 88.2 Å². The van der Waals surface area contributed by atoms with Gasteiger partial charge in [-0.3, -0.25) is 0 Å². The van der Waals surface area contributed by atoms with Crippen LogP contribution in [0.2, 0.25) is 10.0 Å². The summed E-state index contributed by atoms with van der Waals surface area (Å²) in [4.78, 5) is 14.5. The normalized spacial score (nSPS) is 25.8. The zero-order valence-corrected chi connectivity index (χ0v) is 39.5. The molecule has 8 atom stereocenters. The number of benzene rings is 2. The molecule has 2 aliphatic carbocycles. The minimum absolute atomic E-state index is 0.282. The fourth-order valence-corrected chi connectivity index (χ4v) is 11.8. The second kappa shape index (κ2) is 18.9. The van der Waals surface area contributed by atoms with Crippen molar-refractivity contribution < 1.29 is 18.3 Å². The van der Waals surface area contributed by atoms with E-state index in [1.165, 1.54) is 49.9 Å². The number of fused-ring (bicyclic) bond motifs is 6. The number of aromatic nitrogens is 10. The van der Waals surface area contributed by atoms with E-state index in [0.29, 0.717) is 69.2 Å². The van der Waals surface area contributed by atoms with Crippen molar-refractivity contribution in [1.29, 1.82) is 0 Å². The third kappa shape index (κ3) is 9.58. The quantitative estimate of drug-likeness (QED) is 0.134. The van der Waals surface area contributed by atoms with Crippen LogP contribution in [0, 0.1) is 49.2 Å². The molecule has 4 aliphatic heterocycles. The Balaban J connectivity index is 0.000000149. The third-order valence-corrected chi connectivity index (χ3v) is 14.8. The first-order chi connectivity index (χ1) is 33.0. The summed E-state index contributed by atoms with van der Waals surface area (Å²) < 4.78 is 43.5. The van der Waals surface area contributed by atoms with Crippen molar-refractivity contribution in [3.8, 4) is 11.5 Å². The summed E-state index contributed by atoms with van der Waals surface area (Å²) in [6.45, 7) is 9.49. The van der Waals surface area contributed by atoms with Gasteiger partial charge in [-0.15, -0.1) is 10.2 Å². The SMILES string of the molecule is Cc1cc(N2C[C@H]3CC[C@@H](C2)C3Nc2nc3n(n2)CCC[C@@H]3Oc2cc(F)cc(Cl)c2)cnn1.Cc1cc(N2C[C@H]3CC[C@@H](C2)C3Nc2nc3n(n2)CCC[C@H]3Oc2cc(F)cc(Cl)c2)cnn1. The molecule has 2 saturated heterocycles. The van der Waals surface area contributed by atoms with E-state index in [2.05, 4.69) is 53.0 Å². The zero-order chi connectivity index (χ0) is 46.5. The van der Waals surface area contributed by atoms with Crippen molar-refractivity contribution in [2.75, 3.05) is 46.6 Å². The Morgan fingerprint density at radius 2 is 0.971 bits per heavy atom. The molecule has 2 unspecified atom stereocenters. The van der Waals surface area contributed by atoms with E-state index in [1.54, 1.807) is 12.1 Å². The summed E-state index contributed by atoms with van der Waals surface area (Å²) in [6.07, 6.45) is 11.4. The van der Waals surface area contributed by atoms with Gasteiger partial charge in [-0.05, 0) is 125 Å². The lowest BCUT2D eigenvalue weighted by Gasteiger charge is -2.39. The topological polar surface area (TPSA) is 162 Å². The number of halogens is 4. The Morgan fingerprint density at radius 3 is 1.35 bits per heavy atom. The number of ether oxygens (including phenoxy) is 2. The van der Waals surface area contributed by atoms with Crippen molar-refractivity contribution in [1.82, 2.24) is 49.9 Å². The predicted molar refractivity (Wildman–Crippen MR) is 253 cm³/mol. The third-order valence-electron chi connectivity index (χ3n) is 14.4. The van der Waals surface area contributed by atoms with Crippen LogP contribution in [0.3, 0.4) is 0 Å². The lowest BCUT2D eigenvalue weighted by atomic mass is 9.92. The number of nitrogens with one attached hydrogen (secondary N) is 2. The highest BCUT2D eigenvalue weighted by Gasteiger charge is 2.44. The summed E-state index contributed by atoms with van der Waals surface area (Å²) in [6, 6.07) is 13.4. The van der Waals surface area contributed by atoms with Crippen LogP contribution < -0.4 is 29.9 Å². The van der Waals surface area contributed by atoms with E-state index in [0.717, 1.165) is 99.4 Å². The van der Waals surface area contributed by atoms with Crippen LogP contribution in [0.5, 0.6) is 11.5 Å². The van der Waals surface area contributed by atoms with Crippen LogP contribution in [0.15, 0.2) is 60.9 Å². The number of hydrogen-bond donors (Lipinski definition) is 2. The average Bonchev–Trinajstić information content (AvgIpc) is 4.03. The average molecular weight is 968 g/mol. The van der Waals surface area contributed by atoms with Gasteiger partial charge in [-0.1, -0.05) is 23.2 Å². The minimum Gasteiger partial charge on any atom is -0.482 e. The number of piperidine rings is 2. The molecule has 12 rings (SSSR count). The van der Waals surface area contributed by atoms with Gasteiger partial charge in [0.25, 0.3) is 0 Å². The maximum atomic E-state index is 13.8. The fourth-order valence-electron chi connectivity index (χ4n) is 11.4. The summed E-state index contributed by atoms with van der Waals surface area (Å²) in [7, 11) is 0. The second-order valence-corrected chi connectivity index (χ2v) is 20.1. The van der Waals surface area contributed by atoms with E-state index < -0.39 is 11.6 Å². The molecule has 0 radical (unpaired) electrons. The van der Waals surface area contributed by atoms with Gasteiger partial charge >= 0.3 is 0 Å². The number of nitrogens with zero attached hydrogens (tertiary/aromatic N) is 12. The van der Waals surface area contributed by atoms with E-state index in [9.17, 15) is 8.78 Å². The maximum Gasteiger partial charge on any atom is 0.242 e. The first-order valence-electron chi connectivity index (χ1n) is 23.8. The number of aryl methyl sites for hydroxylation is 4. The zero-order valence-electron chi connectivity index (χ0n) is 38.0. The van der Waals surface area contributed by atoms with Gasteiger partial charge in [0.05, 0.1) is 35.2 Å².